The highest BCUT2D eigenvalue weighted by atomic mass is 32.2. The minimum Gasteiger partial charge on any atom is -0.480 e. The number of allylic oxidation sites excluding steroid dienone is 2. The van der Waals surface area contributed by atoms with Gasteiger partial charge in [0.15, 0.2) is 0 Å². The van der Waals surface area contributed by atoms with E-state index in [1.807, 2.05) is 18.4 Å². The number of nitrogens with one attached hydrogen (secondary N) is 1. The molecule has 0 unspecified atom stereocenters. The largest absolute Gasteiger partial charge is 0.480 e. The lowest BCUT2D eigenvalue weighted by Crippen LogP contribution is -2.43. The summed E-state index contributed by atoms with van der Waals surface area (Å²) in [5, 5.41) is 11.6. The Morgan fingerprint density at radius 3 is 2.62 bits per heavy atom. The molecule has 0 aromatic carbocycles. The molecule has 0 spiro atoms. The van der Waals surface area contributed by atoms with Crippen LogP contribution in [0.25, 0.3) is 0 Å². The minimum atomic E-state index is -0.951. The smallest absolute Gasteiger partial charge is 0.326 e. The lowest BCUT2D eigenvalue weighted by molar-refractivity contribution is -0.142. The Labute approximate surface area is 99.5 Å². The number of aliphatic carboxylic acids is 1. The van der Waals surface area contributed by atoms with Crippen LogP contribution < -0.4 is 5.32 Å². The van der Waals surface area contributed by atoms with Crippen molar-refractivity contribution in [3.63, 3.8) is 0 Å². The van der Waals surface area contributed by atoms with Gasteiger partial charge in [-0.25, -0.2) is 4.79 Å². The number of rotatable bonds is 6. The van der Waals surface area contributed by atoms with E-state index in [0.717, 1.165) is 18.6 Å². The Hall–Kier alpha value is -0.970. The number of amides is 1. The van der Waals surface area contributed by atoms with Crippen LogP contribution in [0.3, 0.4) is 0 Å². The number of hydrogen-bond donors (Lipinski definition) is 2. The van der Waals surface area contributed by atoms with E-state index in [2.05, 4.69) is 5.32 Å². The third-order valence-electron chi connectivity index (χ3n) is 2.60. The molecule has 1 aliphatic rings. The molecule has 0 aromatic rings. The Morgan fingerprint density at radius 1 is 1.50 bits per heavy atom. The molecule has 1 aliphatic carbocycles. The molecule has 1 atom stereocenters. The van der Waals surface area contributed by atoms with Crippen LogP contribution >= 0.6 is 11.8 Å². The van der Waals surface area contributed by atoms with Crippen LogP contribution in [0.1, 0.15) is 19.3 Å². The Bertz CT molecular complexity index is 283. The standard InChI is InChI=1S/C11H17NO3S/c1-16-7-6-9(11(14)15)12-10(13)8-4-2-3-5-8/h2-3,8-9H,4-7H2,1H3,(H,12,13)(H,14,15)/t9-/m0/s1. The highest BCUT2D eigenvalue weighted by Crippen LogP contribution is 2.18. The van der Waals surface area contributed by atoms with E-state index in [1.165, 1.54) is 0 Å². The van der Waals surface area contributed by atoms with Crippen molar-refractivity contribution in [1.82, 2.24) is 5.32 Å². The highest BCUT2D eigenvalue weighted by Gasteiger charge is 2.25. The maximum atomic E-state index is 11.7. The number of carbonyl (C=O) groups is 2. The Kier molecular flexibility index (Phi) is 5.38. The van der Waals surface area contributed by atoms with Crippen molar-refractivity contribution >= 4 is 23.6 Å². The number of carboxylic acid groups (broad SMARTS) is 1. The van der Waals surface area contributed by atoms with Crippen molar-refractivity contribution in [3.8, 4) is 0 Å². The van der Waals surface area contributed by atoms with Gasteiger partial charge in [0.1, 0.15) is 6.04 Å². The fraction of sp³-hybridized carbons (Fsp3) is 0.636. The van der Waals surface area contributed by atoms with E-state index in [0.29, 0.717) is 6.42 Å². The zero-order valence-corrected chi connectivity index (χ0v) is 10.1. The summed E-state index contributed by atoms with van der Waals surface area (Å²) in [6, 6.07) is -0.749. The first-order chi connectivity index (χ1) is 7.65. The second-order valence-electron chi connectivity index (χ2n) is 3.82. The fourth-order valence-electron chi connectivity index (χ4n) is 1.61. The average Bonchev–Trinajstić information content (AvgIpc) is 2.76. The van der Waals surface area contributed by atoms with Crippen LogP contribution in [-0.2, 0) is 9.59 Å². The van der Waals surface area contributed by atoms with Gasteiger partial charge in [0.2, 0.25) is 5.91 Å². The van der Waals surface area contributed by atoms with E-state index in [-0.39, 0.29) is 11.8 Å². The predicted octanol–water partition coefficient (Wildman–Crippen LogP) is 1.28. The molecule has 0 aromatic heterocycles. The molecule has 0 bridgehead atoms. The monoisotopic (exact) mass is 243 g/mol. The summed E-state index contributed by atoms with van der Waals surface area (Å²) in [6.07, 6.45) is 7.76. The Balaban J connectivity index is 2.41. The first-order valence-corrected chi connectivity index (χ1v) is 6.71. The van der Waals surface area contributed by atoms with Crippen molar-refractivity contribution in [2.24, 2.45) is 5.92 Å². The maximum Gasteiger partial charge on any atom is 0.326 e. The van der Waals surface area contributed by atoms with Gasteiger partial charge < -0.3 is 10.4 Å². The number of carboxylic acids is 1. The second-order valence-corrected chi connectivity index (χ2v) is 4.81. The van der Waals surface area contributed by atoms with Crippen LogP contribution in [0.15, 0.2) is 12.2 Å². The minimum absolute atomic E-state index is 0.0730. The lowest BCUT2D eigenvalue weighted by atomic mass is 10.1. The van der Waals surface area contributed by atoms with E-state index in [1.54, 1.807) is 11.8 Å². The summed E-state index contributed by atoms with van der Waals surface area (Å²) in [5.74, 6) is -0.428. The molecule has 0 heterocycles. The second kappa shape index (κ2) is 6.58. The summed E-state index contributed by atoms with van der Waals surface area (Å²) in [4.78, 5) is 22.6. The van der Waals surface area contributed by atoms with Crippen molar-refractivity contribution < 1.29 is 14.7 Å². The van der Waals surface area contributed by atoms with Crippen LogP contribution in [0.4, 0.5) is 0 Å². The molecule has 16 heavy (non-hydrogen) atoms. The molecular formula is C11H17NO3S. The summed E-state index contributed by atoms with van der Waals surface area (Å²) >= 11 is 1.58. The van der Waals surface area contributed by atoms with E-state index < -0.39 is 12.0 Å². The molecule has 4 nitrogen and oxygen atoms in total. The zero-order chi connectivity index (χ0) is 12.0. The molecule has 5 heteroatoms. The van der Waals surface area contributed by atoms with Gasteiger partial charge in [-0.2, -0.15) is 11.8 Å². The molecule has 0 saturated heterocycles. The van der Waals surface area contributed by atoms with Gasteiger partial charge >= 0.3 is 5.97 Å². The third-order valence-corrected chi connectivity index (χ3v) is 3.25. The number of thioether (sulfide) groups is 1. The topological polar surface area (TPSA) is 66.4 Å². The van der Waals surface area contributed by atoms with Gasteiger partial charge in [-0.15, -0.1) is 0 Å². The summed E-state index contributed by atoms with van der Waals surface area (Å²) in [6.45, 7) is 0. The van der Waals surface area contributed by atoms with Gasteiger partial charge in [-0.3, -0.25) is 4.79 Å². The van der Waals surface area contributed by atoms with Gasteiger partial charge in [-0.05, 0) is 31.3 Å². The molecule has 0 saturated carbocycles. The molecule has 90 valence electrons. The molecule has 2 N–H and O–H groups in total. The van der Waals surface area contributed by atoms with E-state index in [9.17, 15) is 9.59 Å². The van der Waals surface area contributed by atoms with Gasteiger partial charge in [-0.1, -0.05) is 12.2 Å². The molecule has 0 aliphatic heterocycles. The predicted molar refractivity (Wildman–Crippen MR) is 64.4 cm³/mol. The van der Waals surface area contributed by atoms with E-state index >= 15 is 0 Å². The van der Waals surface area contributed by atoms with E-state index in [4.69, 9.17) is 5.11 Å². The quantitative estimate of drug-likeness (QED) is 0.690. The molecule has 1 amide bonds. The normalized spacial score (nSPS) is 17.3. The van der Waals surface area contributed by atoms with Crippen molar-refractivity contribution in [1.29, 1.82) is 0 Å². The van der Waals surface area contributed by atoms with Crippen LogP contribution in [0.5, 0.6) is 0 Å². The first kappa shape index (κ1) is 13.1. The van der Waals surface area contributed by atoms with Gasteiger partial charge in [0.05, 0.1) is 0 Å². The third kappa shape index (κ3) is 3.89. The van der Waals surface area contributed by atoms with Crippen LogP contribution in [-0.4, -0.2) is 35.0 Å². The zero-order valence-electron chi connectivity index (χ0n) is 9.31. The van der Waals surface area contributed by atoms with Crippen LogP contribution in [0, 0.1) is 5.92 Å². The van der Waals surface area contributed by atoms with Crippen LogP contribution in [0.2, 0.25) is 0 Å². The molecular weight excluding hydrogens is 226 g/mol. The SMILES string of the molecule is CSCC[C@H](NC(=O)C1CC=CC1)C(=O)O. The number of carbonyl (C=O) groups excluding carboxylic acids is 1. The van der Waals surface area contributed by atoms with Crippen molar-refractivity contribution in [2.75, 3.05) is 12.0 Å². The van der Waals surface area contributed by atoms with Crippen molar-refractivity contribution in [2.45, 2.75) is 25.3 Å². The average molecular weight is 243 g/mol. The summed E-state index contributed by atoms with van der Waals surface area (Å²) in [7, 11) is 0. The number of hydrogen-bond acceptors (Lipinski definition) is 3. The molecule has 0 fully saturated rings. The highest BCUT2D eigenvalue weighted by molar-refractivity contribution is 7.98. The molecule has 1 rings (SSSR count). The van der Waals surface area contributed by atoms with Gasteiger partial charge in [0.25, 0.3) is 0 Å². The lowest BCUT2D eigenvalue weighted by Gasteiger charge is -2.16. The summed E-state index contributed by atoms with van der Waals surface area (Å²) in [5.41, 5.74) is 0. The van der Waals surface area contributed by atoms with Crippen molar-refractivity contribution in [3.05, 3.63) is 12.2 Å². The maximum absolute atomic E-state index is 11.7. The first-order valence-electron chi connectivity index (χ1n) is 5.32. The van der Waals surface area contributed by atoms with Gasteiger partial charge in [0, 0.05) is 5.92 Å². The Morgan fingerprint density at radius 2 is 2.12 bits per heavy atom. The summed E-state index contributed by atoms with van der Waals surface area (Å²) < 4.78 is 0. The fourth-order valence-corrected chi connectivity index (χ4v) is 2.09. The molecule has 0 radical (unpaired) electrons.